The van der Waals surface area contributed by atoms with Gasteiger partial charge in [-0.3, -0.25) is 0 Å². The van der Waals surface area contributed by atoms with Gasteiger partial charge in [-0.25, -0.2) is 18.0 Å². The van der Waals surface area contributed by atoms with Gasteiger partial charge >= 0.3 is 5.97 Å². The second kappa shape index (κ2) is 4.33. The second-order valence-electron chi connectivity index (χ2n) is 3.21. The van der Waals surface area contributed by atoms with E-state index in [0.29, 0.717) is 12.1 Å². The van der Waals surface area contributed by atoms with E-state index in [1.54, 1.807) is 13.8 Å². The van der Waals surface area contributed by atoms with E-state index in [1.165, 1.54) is 0 Å². The fraction of sp³-hybridized carbons (Fsp3) is 0.300. The number of halogens is 3. The molecule has 2 nitrogen and oxygen atoms in total. The predicted octanol–water partition coefficient (Wildman–Crippen LogP) is 2.67. The molecule has 5 heteroatoms. The van der Waals surface area contributed by atoms with Gasteiger partial charge in [-0.15, -0.1) is 0 Å². The van der Waals surface area contributed by atoms with Crippen molar-refractivity contribution in [3.05, 3.63) is 35.1 Å². The van der Waals surface area contributed by atoms with Crippen molar-refractivity contribution in [3.63, 3.8) is 0 Å². The molecule has 82 valence electrons. The van der Waals surface area contributed by atoms with Crippen LogP contribution in [0.2, 0.25) is 0 Å². The van der Waals surface area contributed by atoms with Gasteiger partial charge in [0.05, 0.1) is 11.7 Å². The van der Waals surface area contributed by atoms with Crippen LogP contribution >= 0.6 is 0 Å². The highest BCUT2D eigenvalue weighted by atomic mass is 19.2. The predicted molar refractivity (Wildman–Crippen MR) is 46.9 cm³/mol. The Morgan fingerprint density at radius 1 is 1.20 bits per heavy atom. The summed E-state index contributed by atoms with van der Waals surface area (Å²) >= 11 is 0. The zero-order valence-electron chi connectivity index (χ0n) is 8.18. The molecule has 1 rings (SSSR count). The van der Waals surface area contributed by atoms with Crippen molar-refractivity contribution in [3.8, 4) is 0 Å². The average Bonchev–Trinajstić information content (AvgIpc) is 2.12. The molecule has 0 spiro atoms. The lowest BCUT2D eigenvalue weighted by Gasteiger charge is -2.08. The van der Waals surface area contributed by atoms with Crippen molar-refractivity contribution < 1.29 is 22.7 Å². The zero-order valence-corrected chi connectivity index (χ0v) is 8.18. The summed E-state index contributed by atoms with van der Waals surface area (Å²) in [6.07, 6.45) is -0.409. The molecule has 0 saturated carbocycles. The van der Waals surface area contributed by atoms with Crippen molar-refractivity contribution in [2.24, 2.45) is 0 Å². The van der Waals surface area contributed by atoms with Gasteiger partial charge in [0.15, 0.2) is 17.5 Å². The quantitative estimate of drug-likeness (QED) is 0.563. The van der Waals surface area contributed by atoms with Gasteiger partial charge in [-0.05, 0) is 26.0 Å². The summed E-state index contributed by atoms with van der Waals surface area (Å²) in [7, 11) is 0. The summed E-state index contributed by atoms with van der Waals surface area (Å²) in [6, 6.07) is 1.20. The second-order valence-corrected chi connectivity index (χ2v) is 3.21. The Morgan fingerprint density at radius 3 is 2.07 bits per heavy atom. The number of hydrogen-bond acceptors (Lipinski definition) is 2. The molecule has 0 amide bonds. The first kappa shape index (κ1) is 11.6. The normalized spacial score (nSPS) is 10.5. The first-order valence-corrected chi connectivity index (χ1v) is 4.27. The Balaban J connectivity index is 3.01. The van der Waals surface area contributed by atoms with Crippen LogP contribution in [0, 0.1) is 17.5 Å². The van der Waals surface area contributed by atoms with Crippen molar-refractivity contribution in [1.29, 1.82) is 0 Å². The Labute approximate surface area is 84.7 Å². The fourth-order valence-corrected chi connectivity index (χ4v) is 0.955. The molecule has 1 aromatic rings. The standard InChI is InChI=1S/C10H9F3O2/c1-5(2)15-10(14)6-3-7(11)9(13)8(12)4-6/h3-5H,1-2H3. The first-order valence-electron chi connectivity index (χ1n) is 4.27. The van der Waals surface area contributed by atoms with E-state index in [9.17, 15) is 18.0 Å². The summed E-state index contributed by atoms with van der Waals surface area (Å²) in [5.41, 5.74) is -0.347. The molecule has 0 aliphatic rings. The minimum atomic E-state index is -1.60. The largest absolute Gasteiger partial charge is 0.459 e. The molecule has 0 aliphatic carbocycles. The van der Waals surface area contributed by atoms with Gasteiger partial charge in [0.1, 0.15) is 0 Å². The topological polar surface area (TPSA) is 26.3 Å². The van der Waals surface area contributed by atoms with Crippen LogP contribution in [0.15, 0.2) is 12.1 Å². The third-order valence-electron chi connectivity index (χ3n) is 1.56. The molecule has 0 aliphatic heterocycles. The molecular formula is C10H9F3O2. The number of benzene rings is 1. The van der Waals surface area contributed by atoms with E-state index in [0.717, 1.165) is 0 Å². The van der Waals surface area contributed by atoms with Crippen LogP contribution in [0.3, 0.4) is 0 Å². The van der Waals surface area contributed by atoms with Gasteiger partial charge in [0, 0.05) is 0 Å². The van der Waals surface area contributed by atoms with Crippen LogP contribution in [0.4, 0.5) is 13.2 Å². The van der Waals surface area contributed by atoms with E-state index in [2.05, 4.69) is 0 Å². The molecule has 0 unspecified atom stereocenters. The Hall–Kier alpha value is -1.52. The van der Waals surface area contributed by atoms with Gasteiger partial charge in [-0.1, -0.05) is 0 Å². The molecule has 0 N–H and O–H groups in total. The maximum absolute atomic E-state index is 12.7. The maximum Gasteiger partial charge on any atom is 0.338 e. The van der Waals surface area contributed by atoms with E-state index in [1.807, 2.05) is 0 Å². The van der Waals surface area contributed by atoms with Gasteiger partial charge in [-0.2, -0.15) is 0 Å². The Morgan fingerprint density at radius 2 is 1.67 bits per heavy atom. The molecule has 0 fully saturated rings. The molecule has 0 radical (unpaired) electrons. The molecule has 0 saturated heterocycles. The molecule has 15 heavy (non-hydrogen) atoms. The van der Waals surface area contributed by atoms with Crippen LogP contribution in [0.1, 0.15) is 24.2 Å². The van der Waals surface area contributed by atoms with Crippen LogP contribution in [-0.4, -0.2) is 12.1 Å². The third kappa shape index (κ3) is 2.71. The first-order chi connectivity index (χ1) is 6.91. The van der Waals surface area contributed by atoms with Crippen LogP contribution in [0.25, 0.3) is 0 Å². The van der Waals surface area contributed by atoms with E-state index < -0.39 is 29.5 Å². The summed E-state index contributed by atoms with van der Waals surface area (Å²) in [5.74, 6) is -5.31. The van der Waals surface area contributed by atoms with Crippen molar-refractivity contribution in [1.82, 2.24) is 0 Å². The molecule has 0 heterocycles. The SMILES string of the molecule is CC(C)OC(=O)c1cc(F)c(F)c(F)c1. The number of carbonyl (C=O) groups is 1. The van der Waals surface area contributed by atoms with Crippen molar-refractivity contribution >= 4 is 5.97 Å². The summed E-state index contributed by atoms with van der Waals surface area (Å²) < 4.78 is 42.7. The number of esters is 1. The highest BCUT2D eigenvalue weighted by molar-refractivity contribution is 5.89. The van der Waals surface area contributed by atoms with Crippen molar-refractivity contribution in [2.45, 2.75) is 20.0 Å². The molecular weight excluding hydrogens is 209 g/mol. The van der Waals surface area contributed by atoms with Gasteiger partial charge < -0.3 is 4.74 Å². The van der Waals surface area contributed by atoms with Crippen LogP contribution < -0.4 is 0 Å². The monoisotopic (exact) mass is 218 g/mol. The van der Waals surface area contributed by atoms with Crippen molar-refractivity contribution in [2.75, 3.05) is 0 Å². The third-order valence-corrected chi connectivity index (χ3v) is 1.56. The van der Waals surface area contributed by atoms with E-state index >= 15 is 0 Å². The maximum atomic E-state index is 12.7. The lowest BCUT2D eigenvalue weighted by molar-refractivity contribution is 0.0376. The summed E-state index contributed by atoms with van der Waals surface area (Å²) in [5, 5.41) is 0. The average molecular weight is 218 g/mol. The number of ether oxygens (including phenoxy) is 1. The number of rotatable bonds is 2. The highest BCUT2D eigenvalue weighted by Crippen LogP contribution is 2.14. The lowest BCUT2D eigenvalue weighted by atomic mass is 10.2. The Bertz CT molecular complexity index is 365. The minimum absolute atomic E-state index is 0.347. The zero-order chi connectivity index (χ0) is 11.6. The van der Waals surface area contributed by atoms with E-state index in [-0.39, 0.29) is 5.56 Å². The lowest BCUT2D eigenvalue weighted by Crippen LogP contribution is -2.12. The van der Waals surface area contributed by atoms with Crippen LogP contribution in [0.5, 0.6) is 0 Å². The fourth-order valence-electron chi connectivity index (χ4n) is 0.955. The molecule has 0 aromatic heterocycles. The number of carbonyl (C=O) groups excluding carboxylic acids is 1. The molecule has 0 bridgehead atoms. The number of hydrogen-bond donors (Lipinski definition) is 0. The van der Waals surface area contributed by atoms with E-state index in [4.69, 9.17) is 4.74 Å². The summed E-state index contributed by atoms with van der Waals surface area (Å²) in [4.78, 5) is 11.2. The smallest absolute Gasteiger partial charge is 0.338 e. The van der Waals surface area contributed by atoms with Gasteiger partial charge in [0.2, 0.25) is 0 Å². The van der Waals surface area contributed by atoms with Crippen LogP contribution in [-0.2, 0) is 4.74 Å². The minimum Gasteiger partial charge on any atom is -0.459 e. The molecule has 1 aromatic carbocycles. The Kier molecular flexibility index (Phi) is 3.34. The van der Waals surface area contributed by atoms with Gasteiger partial charge in [0.25, 0.3) is 0 Å². The summed E-state index contributed by atoms with van der Waals surface area (Å²) in [6.45, 7) is 3.18. The highest BCUT2D eigenvalue weighted by Gasteiger charge is 2.16. The molecule has 0 atom stereocenters.